The van der Waals surface area contributed by atoms with E-state index in [1.807, 2.05) is 36.1 Å². The second kappa shape index (κ2) is 16.9. The number of benzene rings is 2. The quantitative estimate of drug-likeness (QED) is 0.0731. The van der Waals surface area contributed by atoms with Gasteiger partial charge in [-0.25, -0.2) is 18.7 Å². The summed E-state index contributed by atoms with van der Waals surface area (Å²) < 4.78 is 56.9. The average molecular weight is 851 g/mol. The summed E-state index contributed by atoms with van der Waals surface area (Å²) in [4.78, 5) is 27.6. The van der Waals surface area contributed by atoms with E-state index in [0.29, 0.717) is 59.0 Å². The minimum atomic E-state index is -2.16. The predicted octanol–water partition coefficient (Wildman–Crippen LogP) is 8.82. The zero-order chi connectivity index (χ0) is 43.2. The Balaban J connectivity index is 1.36. The molecular weight excluding hydrogens is 795 g/mol. The van der Waals surface area contributed by atoms with Crippen molar-refractivity contribution >= 4 is 41.4 Å². The molecule has 12 nitrogen and oxygen atoms in total. The lowest BCUT2D eigenvalue weighted by atomic mass is 9.95. The number of fused-ring (bicyclic) bond motifs is 2. The van der Waals surface area contributed by atoms with E-state index in [-0.39, 0.29) is 54.3 Å². The van der Waals surface area contributed by atoms with Crippen molar-refractivity contribution in [1.29, 1.82) is 0 Å². The Morgan fingerprint density at radius 2 is 1.75 bits per heavy atom. The predicted molar refractivity (Wildman–Crippen MR) is 237 cm³/mol. The monoisotopic (exact) mass is 850 g/mol. The number of alkyl halides is 1. The van der Waals surface area contributed by atoms with Gasteiger partial charge in [-0.15, -0.1) is 5.54 Å². The molecule has 0 radical (unpaired) electrons. The third-order valence-electron chi connectivity index (χ3n) is 13.2. The zero-order valence-electron chi connectivity index (χ0n) is 36.4. The van der Waals surface area contributed by atoms with Gasteiger partial charge in [0.25, 0.3) is 0 Å². The summed E-state index contributed by atoms with van der Waals surface area (Å²) in [6, 6.07) is 9.10. The normalized spacial score (nSPS) is 19.6. The number of anilines is 2. The van der Waals surface area contributed by atoms with E-state index >= 15 is 4.39 Å². The summed E-state index contributed by atoms with van der Waals surface area (Å²) in [5.41, 5.74) is 12.7. The molecule has 0 spiro atoms. The number of methoxy groups -OCH3 is 1. The van der Waals surface area contributed by atoms with Crippen molar-refractivity contribution < 1.29 is 27.7 Å². The van der Waals surface area contributed by atoms with Crippen molar-refractivity contribution in [2.45, 2.75) is 102 Å². The summed E-state index contributed by atoms with van der Waals surface area (Å²) >= 11 is 0. The van der Waals surface area contributed by atoms with Gasteiger partial charge in [0.15, 0.2) is 12.6 Å². The number of aromatic nitrogens is 5. The fraction of sp³-hybridized carbons (Fsp3) is 0.500. The number of hydrogen-bond donors (Lipinski definition) is 1. The molecule has 0 saturated carbocycles. The molecule has 322 valence electrons. The lowest BCUT2D eigenvalue weighted by molar-refractivity contribution is 0.0512. The molecule has 2 aromatic carbocycles. The van der Waals surface area contributed by atoms with Crippen molar-refractivity contribution in [3.8, 4) is 40.4 Å². The molecule has 3 aromatic heterocycles. The molecule has 0 aliphatic carbocycles. The topological polar surface area (TPSA) is 134 Å². The van der Waals surface area contributed by atoms with Gasteiger partial charge in [0.2, 0.25) is 5.88 Å². The number of pyridine rings is 1. The average Bonchev–Trinajstić information content (AvgIpc) is 3.69. The third-order valence-corrected chi connectivity index (χ3v) is 19.5. The van der Waals surface area contributed by atoms with E-state index in [2.05, 4.69) is 67.9 Å². The molecular formula is C46H56F2N8O4Si. The highest BCUT2D eigenvalue weighted by Gasteiger charge is 2.49. The molecule has 8 rings (SSSR count). The molecule has 3 atom stereocenters. The SMILES string of the molecule is COCOc1cc(-c2nc3c4c(nc(OC[C@@]56CCCN5C[C@H](F)C6)nc4c2F)N([C@H](C)c2nccnc2N)CCO3)c2c(C#C[Si](C(C)C)(C(C)C)C(C)C)cccc2c1. The molecule has 2 N–H and O–H groups in total. The highest BCUT2D eigenvalue weighted by Crippen LogP contribution is 2.46. The summed E-state index contributed by atoms with van der Waals surface area (Å²) in [5, 5.41) is 1.81. The zero-order valence-corrected chi connectivity index (χ0v) is 37.4. The van der Waals surface area contributed by atoms with Crippen LogP contribution in [0.2, 0.25) is 16.6 Å². The summed E-state index contributed by atoms with van der Waals surface area (Å²) in [6.07, 6.45) is 4.26. The molecule has 2 fully saturated rings. The summed E-state index contributed by atoms with van der Waals surface area (Å²) in [6.45, 7) is 17.4. The van der Waals surface area contributed by atoms with E-state index in [9.17, 15) is 4.39 Å². The van der Waals surface area contributed by atoms with E-state index in [1.165, 1.54) is 6.20 Å². The van der Waals surface area contributed by atoms with Crippen LogP contribution in [-0.4, -0.2) is 96.4 Å². The maximum atomic E-state index is 18.0. The van der Waals surface area contributed by atoms with Gasteiger partial charge in [0.1, 0.15) is 67.1 Å². The number of halogens is 2. The van der Waals surface area contributed by atoms with Gasteiger partial charge in [0.05, 0.1) is 18.1 Å². The van der Waals surface area contributed by atoms with Crippen LogP contribution in [0.15, 0.2) is 42.7 Å². The number of nitrogens with zero attached hydrogens (tertiary/aromatic N) is 7. The minimum absolute atomic E-state index is 0.0107. The van der Waals surface area contributed by atoms with E-state index in [1.54, 1.807) is 19.4 Å². The van der Waals surface area contributed by atoms with E-state index in [4.69, 9.17) is 39.6 Å². The molecule has 2 saturated heterocycles. The smallest absolute Gasteiger partial charge is 0.319 e. The van der Waals surface area contributed by atoms with Gasteiger partial charge < -0.3 is 29.6 Å². The fourth-order valence-electron chi connectivity index (χ4n) is 10.4. The van der Waals surface area contributed by atoms with Crippen LogP contribution in [0.25, 0.3) is 32.9 Å². The number of nitrogen functional groups attached to an aromatic ring is 1. The Morgan fingerprint density at radius 3 is 2.49 bits per heavy atom. The van der Waals surface area contributed by atoms with E-state index in [0.717, 1.165) is 35.7 Å². The lowest BCUT2D eigenvalue weighted by Crippen LogP contribution is -2.43. The Kier molecular flexibility index (Phi) is 11.8. The number of nitrogens with two attached hydrogens (primary N) is 1. The highest BCUT2D eigenvalue weighted by molar-refractivity contribution is 6.90. The molecule has 15 heteroatoms. The van der Waals surface area contributed by atoms with Gasteiger partial charge >= 0.3 is 6.01 Å². The molecule has 3 aliphatic heterocycles. The molecule has 61 heavy (non-hydrogen) atoms. The third kappa shape index (κ3) is 7.61. The molecule has 0 bridgehead atoms. The number of rotatable bonds is 12. The van der Waals surface area contributed by atoms with Crippen LogP contribution in [0, 0.1) is 17.3 Å². The van der Waals surface area contributed by atoms with Crippen molar-refractivity contribution in [1.82, 2.24) is 29.8 Å². The van der Waals surface area contributed by atoms with Crippen molar-refractivity contribution in [3.63, 3.8) is 0 Å². The fourth-order valence-corrected chi connectivity index (χ4v) is 15.6. The van der Waals surface area contributed by atoms with Crippen LogP contribution < -0.4 is 24.8 Å². The van der Waals surface area contributed by atoms with Gasteiger partial charge in [-0.2, -0.15) is 9.97 Å². The molecule has 6 heterocycles. The highest BCUT2D eigenvalue weighted by atomic mass is 28.3. The number of hydrogen-bond acceptors (Lipinski definition) is 12. The Hall–Kier alpha value is -5.17. The van der Waals surface area contributed by atoms with Gasteiger partial charge in [-0.05, 0) is 66.5 Å². The maximum absolute atomic E-state index is 18.0. The maximum Gasteiger partial charge on any atom is 0.319 e. The van der Waals surface area contributed by atoms with Crippen molar-refractivity contribution in [2.24, 2.45) is 0 Å². The van der Waals surface area contributed by atoms with Crippen LogP contribution >= 0.6 is 0 Å². The van der Waals surface area contributed by atoms with Crippen LogP contribution in [-0.2, 0) is 4.74 Å². The first-order valence-electron chi connectivity index (χ1n) is 21.4. The van der Waals surface area contributed by atoms with Crippen LogP contribution in [0.3, 0.4) is 0 Å². The lowest BCUT2D eigenvalue weighted by Gasteiger charge is -2.38. The van der Waals surface area contributed by atoms with Crippen LogP contribution in [0.1, 0.15) is 85.0 Å². The second-order valence-corrected chi connectivity index (χ2v) is 23.2. The largest absolute Gasteiger partial charge is 0.475 e. The molecule has 3 aliphatic rings. The summed E-state index contributed by atoms with van der Waals surface area (Å²) in [5.74, 6) is 4.18. The first-order valence-corrected chi connectivity index (χ1v) is 23.6. The van der Waals surface area contributed by atoms with Gasteiger partial charge in [-0.1, -0.05) is 59.6 Å². The molecule has 5 aromatic rings. The molecule has 0 amide bonds. The Labute approximate surface area is 357 Å². The Bertz CT molecular complexity index is 2490. The van der Waals surface area contributed by atoms with Crippen LogP contribution in [0.5, 0.6) is 17.6 Å². The Morgan fingerprint density at radius 1 is 0.984 bits per heavy atom. The summed E-state index contributed by atoms with van der Waals surface area (Å²) in [7, 11) is -0.610. The van der Waals surface area contributed by atoms with Crippen molar-refractivity contribution in [3.05, 3.63) is 59.8 Å². The molecule has 0 unspecified atom stereocenters. The minimum Gasteiger partial charge on any atom is -0.475 e. The van der Waals surface area contributed by atoms with Gasteiger partial charge in [-0.3, -0.25) is 9.88 Å². The van der Waals surface area contributed by atoms with Crippen molar-refractivity contribution in [2.75, 3.05) is 57.4 Å². The van der Waals surface area contributed by atoms with Crippen LogP contribution in [0.4, 0.5) is 20.4 Å². The first kappa shape index (κ1) is 42.5. The standard InChI is InChI=1S/C46H56F2N8O4Si/c1-27(2)61(28(3)4,29(5)6)20-13-31-11-9-12-32-21-34(60-26-57-8)22-35(36(31)32)40-38(48)41-37-43(54-45(53-41)59-25-46-14-10-17-55(46)24-33(47)23-46)56(18-19-58-44(37)52-40)30(7)39-42(49)51-16-15-50-39/h9,11-12,15-16,21-22,27-30,33H,10,14,17-19,23-26H2,1-8H3,(H2,49,51)/t30-,33-,46+/m1/s1. The van der Waals surface area contributed by atoms with E-state index < -0.39 is 31.6 Å². The second-order valence-electron chi connectivity index (χ2n) is 17.6. The first-order chi connectivity index (χ1) is 29.3. The number of ether oxygens (including phenoxy) is 4. The van der Waals surface area contributed by atoms with Gasteiger partial charge in [0, 0.05) is 49.0 Å².